The molecule has 0 spiro atoms. The van der Waals surface area contributed by atoms with Gasteiger partial charge in [0.05, 0.1) is 20.3 Å². The fraction of sp³-hybridized carbons (Fsp3) is 0.211. The van der Waals surface area contributed by atoms with Gasteiger partial charge in [0, 0.05) is 6.08 Å². The number of hydrogen-bond donors (Lipinski definition) is 1. The highest BCUT2D eigenvalue weighted by atomic mass is 16.5. The molecule has 4 nitrogen and oxygen atoms in total. The largest absolute Gasteiger partial charge is 0.493 e. The maximum absolute atomic E-state index is 12.0. The van der Waals surface area contributed by atoms with Crippen molar-refractivity contribution in [1.82, 2.24) is 5.32 Å². The van der Waals surface area contributed by atoms with Crippen molar-refractivity contribution in [3.05, 3.63) is 65.7 Å². The van der Waals surface area contributed by atoms with Crippen LogP contribution in [0.1, 0.15) is 24.1 Å². The van der Waals surface area contributed by atoms with E-state index in [1.165, 1.54) is 6.08 Å². The van der Waals surface area contributed by atoms with Gasteiger partial charge in [-0.05, 0) is 36.3 Å². The summed E-state index contributed by atoms with van der Waals surface area (Å²) in [6, 6.07) is 15.2. The second-order valence-electron chi connectivity index (χ2n) is 5.09. The van der Waals surface area contributed by atoms with Crippen LogP contribution in [0.25, 0.3) is 6.08 Å². The van der Waals surface area contributed by atoms with Crippen LogP contribution in [0, 0.1) is 0 Å². The Morgan fingerprint density at radius 2 is 1.74 bits per heavy atom. The van der Waals surface area contributed by atoms with E-state index in [-0.39, 0.29) is 11.9 Å². The van der Waals surface area contributed by atoms with Gasteiger partial charge in [0.15, 0.2) is 11.5 Å². The van der Waals surface area contributed by atoms with Crippen LogP contribution in [-0.2, 0) is 4.79 Å². The topological polar surface area (TPSA) is 47.6 Å². The molecule has 2 rings (SSSR count). The number of carbonyl (C=O) groups is 1. The predicted octanol–water partition coefficient (Wildman–Crippen LogP) is 3.59. The van der Waals surface area contributed by atoms with Crippen LogP contribution < -0.4 is 14.8 Å². The molecule has 4 heteroatoms. The van der Waals surface area contributed by atoms with Crippen molar-refractivity contribution in [3.63, 3.8) is 0 Å². The summed E-state index contributed by atoms with van der Waals surface area (Å²) in [5, 5.41) is 2.93. The zero-order chi connectivity index (χ0) is 16.7. The molecule has 0 heterocycles. The van der Waals surface area contributed by atoms with Gasteiger partial charge in [-0.15, -0.1) is 0 Å². The summed E-state index contributed by atoms with van der Waals surface area (Å²) in [6.07, 6.45) is 3.32. The van der Waals surface area contributed by atoms with Crippen molar-refractivity contribution in [3.8, 4) is 11.5 Å². The molecule has 120 valence electrons. The van der Waals surface area contributed by atoms with E-state index in [2.05, 4.69) is 5.32 Å². The monoisotopic (exact) mass is 311 g/mol. The zero-order valence-corrected chi connectivity index (χ0v) is 13.6. The second-order valence-corrected chi connectivity index (χ2v) is 5.09. The molecule has 0 aliphatic carbocycles. The molecular formula is C19H21NO3. The first-order valence-corrected chi connectivity index (χ1v) is 7.39. The van der Waals surface area contributed by atoms with Crippen molar-refractivity contribution in [2.75, 3.05) is 14.2 Å². The van der Waals surface area contributed by atoms with Crippen molar-refractivity contribution >= 4 is 12.0 Å². The lowest BCUT2D eigenvalue weighted by atomic mass is 10.1. The Morgan fingerprint density at radius 1 is 1.04 bits per heavy atom. The minimum atomic E-state index is -0.142. The van der Waals surface area contributed by atoms with Gasteiger partial charge in [-0.25, -0.2) is 0 Å². The average Bonchev–Trinajstić information content (AvgIpc) is 2.60. The van der Waals surface area contributed by atoms with Gasteiger partial charge in [-0.3, -0.25) is 4.79 Å². The third kappa shape index (κ3) is 4.61. The molecule has 0 saturated carbocycles. The fourth-order valence-corrected chi connectivity index (χ4v) is 2.20. The van der Waals surface area contributed by atoms with E-state index in [4.69, 9.17) is 9.47 Å². The van der Waals surface area contributed by atoms with Crippen LogP contribution in [0.2, 0.25) is 0 Å². The molecule has 0 unspecified atom stereocenters. The van der Waals surface area contributed by atoms with Gasteiger partial charge in [0.25, 0.3) is 0 Å². The number of methoxy groups -OCH3 is 2. The Balaban J connectivity index is 2.02. The third-order valence-electron chi connectivity index (χ3n) is 3.49. The number of amides is 1. The summed E-state index contributed by atoms with van der Waals surface area (Å²) in [6.45, 7) is 1.93. The smallest absolute Gasteiger partial charge is 0.244 e. The zero-order valence-electron chi connectivity index (χ0n) is 13.6. The lowest BCUT2D eigenvalue weighted by molar-refractivity contribution is -0.117. The minimum Gasteiger partial charge on any atom is -0.493 e. The van der Waals surface area contributed by atoms with E-state index >= 15 is 0 Å². The van der Waals surface area contributed by atoms with E-state index < -0.39 is 0 Å². The highest BCUT2D eigenvalue weighted by molar-refractivity contribution is 5.91. The number of nitrogens with one attached hydrogen (secondary N) is 1. The maximum atomic E-state index is 12.0. The van der Waals surface area contributed by atoms with Gasteiger partial charge < -0.3 is 14.8 Å². The van der Waals surface area contributed by atoms with Crippen LogP contribution in [0.3, 0.4) is 0 Å². The molecule has 0 saturated heterocycles. The lowest BCUT2D eigenvalue weighted by Gasteiger charge is -2.15. The van der Waals surface area contributed by atoms with Crippen LogP contribution in [-0.4, -0.2) is 20.1 Å². The standard InChI is InChI=1S/C19H21NO3/c1-14(16-10-11-17(22-2)18(13-16)23-3)20-19(21)12-9-15-7-5-4-6-8-15/h4-14H,1-3H3,(H,20,21)/b12-9+/t14-/m0/s1. The SMILES string of the molecule is COc1ccc([C@H](C)NC(=O)/C=C/c2ccccc2)cc1OC. The van der Waals surface area contributed by atoms with Gasteiger partial charge in [0.1, 0.15) is 0 Å². The quantitative estimate of drug-likeness (QED) is 0.829. The summed E-state index contributed by atoms with van der Waals surface area (Å²) >= 11 is 0. The average molecular weight is 311 g/mol. The Morgan fingerprint density at radius 3 is 2.39 bits per heavy atom. The van der Waals surface area contributed by atoms with Crippen molar-refractivity contribution < 1.29 is 14.3 Å². The molecule has 1 amide bonds. The predicted molar refractivity (Wildman–Crippen MR) is 91.6 cm³/mol. The molecule has 1 N–H and O–H groups in total. The van der Waals surface area contributed by atoms with Gasteiger partial charge in [-0.2, -0.15) is 0 Å². The number of hydrogen-bond acceptors (Lipinski definition) is 3. The van der Waals surface area contributed by atoms with E-state index in [1.807, 2.05) is 55.5 Å². The number of ether oxygens (including phenoxy) is 2. The summed E-state index contributed by atoms with van der Waals surface area (Å²) < 4.78 is 10.5. The Kier molecular flexibility index (Phi) is 5.80. The van der Waals surface area contributed by atoms with E-state index in [9.17, 15) is 4.79 Å². The van der Waals surface area contributed by atoms with E-state index in [1.54, 1.807) is 20.3 Å². The summed E-state index contributed by atoms with van der Waals surface area (Å²) in [5.41, 5.74) is 1.94. The molecule has 0 aromatic heterocycles. The highest BCUT2D eigenvalue weighted by Crippen LogP contribution is 2.29. The molecule has 1 atom stereocenters. The van der Waals surface area contributed by atoms with Gasteiger partial charge in [0.2, 0.25) is 5.91 Å². The molecule has 0 fully saturated rings. The van der Waals surface area contributed by atoms with E-state index in [0.29, 0.717) is 11.5 Å². The van der Waals surface area contributed by atoms with Gasteiger partial charge in [-0.1, -0.05) is 36.4 Å². The molecule has 0 aliphatic rings. The van der Waals surface area contributed by atoms with Crippen LogP contribution >= 0.6 is 0 Å². The normalized spacial score (nSPS) is 12.0. The third-order valence-corrected chi connectivity index (χ3v) is 3.49. The Bertz CT molecular complexity index is 680. The molecule has 0 radical (unpaired) electrons. The second kappa shape index (κ2) is 8.03. The van der Waals surface area contributed by atoms with E-state index in [0.717, 1.165) is 11.1 Å². The summed E-state index contributed by atoms with van der Waals surface area (Å²) in [5.74, 6) is 1.17. The number of carbonyl (C=O) groups excluding carboxylic acids is 1. The molecule has 2 aromatic carbocycles. The first-order valence-electron chi connectivity index (χ1n) is 7.39. The Labute approximate surface area is 136 Å². The fourth-order valence-electron chi connectivity index (χ4n) is 2.20. The van der Waals surface area contributed by atoms with Crippen LogP contribution in [0.15, 0.2) is 54.6 Å². The number of benzene rings is 2. The summed E-state index contributed by atoms with van der Waals surface area (Å²) in [4.78, 5) is 12.0. The maximum Gasteiger partial charge on any atom is 0.244 e. The molecule has 23 heavy (non-hydrogen) atoms. The molecular weight excluding hydrogens is 290 g/mol. The number of rotatable bonds is 6. The first-order chi connectivity index (χ1) is 11.1. The van der Waals surface area contributed by atoms with Crippen molar-refractivity contribution in [2.45, 2.75) is 13.0 Å². The van der Waals surface area contributed by atoms with Gasteiger partial charge >= 0.3 is 0 Å². The van der Waals surface area contributed by atoms with Crippen molar-refractivity contribution in [1.29, 1.82) is 0 Å². The van der Waals surface area contributed by atoms with Crippen LogP contribution in [0.4, 0.5) is 0 Å². The minimum absolute atomic E-state index is 0.136. The summed E-state index contributed by atoms with van der Waals surface area (Å²) in [7, 11) is 3.19. The molecule has 2 aromatic rings. The van der Waals surface area contributed by atoms with Crippen LogP contribution in [0.5, 0.6) is 11.5 Å². The first kappa shape index (κ1) is 16.6. The van der Waals surface area contributed by atoms with Crippen molar-refractivity contribution in [2.24, 2.45) is 0 Å². The lowest BCUT2D eigenvalue weighted by Crippen LogP contribution is -2.24. The Hall–Kier alpha value is -2.75. The highest BCUT2D eigenvalue weighted by Gasteiger charge is 2.11. The molecule has 0 aliphatic heterocycles. The molecule has 0 bridgehead atoms.